The minimum Gasteiger partial charge on any atom is -0.389 e. The molecule has 0 saturated carbocycles. The van der Waals surface area contributed by atoms with Gasteiger partial charge in [0.05, 0.1) is 24.4 Å². The molecule has 6 heteroatoms. The summed E-state index contributed by atoms with van der Waals surface area (Å²) in [5, 5.41) is 7.97. The lowest BCUT2D eigenvalue weighted by Gasteiger charge is -2.25. The van der Waals surface area contributed by atoms with E-state index in [0.29, 0.717) is 17.6 Å². The average Bonchev–Trinajstić information content (AvgIpc) is 2.81. The van der Waals surface area contributed by atoms with Crippen molar-refractivity contribution in [3.05, 3.63) is 17.8 Å². The molecule has 16 heavy (non-hydrogen) atoms. The summed E-state index contributed by atoms with van der Waals surface area (Å²) in [5.74, 6) is 0.727. The van der Waals surface area contributed by atoms with Gasteiger partial charge in [-0.2, -0.15) is 5.10 Å². The van der Waals surface area contributed by atoms with Crippen molar-refractivity contribution >= 4 is 23.0 Å². The number of likely N-dealkylation sites (N-methyl/N-ethyl adjacent to an activating group) is 1. The van der Waals surface area contributed by atoms with E-state index >= 15 is 0 Å². The molecule has 2 rings (SSSR count). The number of aromatic nitrogens is 2. The molecule has 2 N–H and O–H groups in total. The van der Waals surface area contributed by atoms with E-state index in [0.717, 1.165) is 24.4 Å². The Hall–Kier alpha value is -1.27. The van der Waals surface area contributed by atoms with Gasteiger partial charge in [-0.3, -0.25) is 0 Å². The number of hydrogen-bond acceptors (Lipinski definition) is 5. The fourth-order valence-electron chi connectivity index (χ4n) is 1.78. The Balaban J connectivity index is 2.27. The molecule has 2 heterocycles. The van der Waals surface area contributed by atoms with Crippen molar-refractivity contribution in [2.75, 3.05) is 25.2 Å². The number of nitrogens with two attached hydrogens (primary N) is 1. The zero-order valence-electron chi connectivity index (χ0n) is 9.09. The number of nitrogens with zero attached hydrogens (tertiary/aromatic N) is 3. The Morgan fingerprint density at radius 2 is 2.50 bits per heavy atom. The largest absolute Gasteiger partial charge is 0.389 e. The van der Waals surface area contributed by atoms with Gasteiger partial charge >= 0.3 is 0 Å². The first kappa shape index (κ1) is 11.2. The zero-order chi connectivity index (χ0) is 11.5. The van der Waals surface area contributed by atoms with Crippen LogP contribution >= 0.6 is 12.2 Å². The smallest absolute Gasteiger partial charge is 0.161 e. The number of anilines is 1. The van der Waals surface area contributed by atoms with E-state index < -0.39 is 0 Å². The summed E-state index contributed by atoms with van der Waals surface area (Å²) in [4.78, 5) is 2.38. The maximum absolute atomic E-state index is 5.66. The zero-order valence-corrected chi connectivity index (χ0v) is 9.91. The van der Waals surface area contributed by atoms with Crippen LogP contribution in [0.15, 0.2) is 12.3 Å². The molecule has 1 unspecified atom stereocenters. The normalized spacial score (nSPS) is 19.7. The van der Waals surface area contributed by atoms with Gasteiger partial charge in [0.25, 0.3) is 0 Å². The molecule has 5 nitrogen and oxygen atoms in total. The first-order valence-electron chi connectivity index (χ1n) is 5.12. The third-order valence-corrected chi connectivity index (χ3v) is 2.97. The quantitative estimate of drug-likeness (QED) is 0.766. The van der Waals surface area contributed by atoms with Crippen LogP contribution in [0.4, 0.5) is 5.82 Å². The van der Waals surface area contributed by atoms with E-state index in [1.165, 1.54) is 0 Å². The lowest BCUT2D eigenvalue weighted by Crippen LogP contribution is -2.34. The number of hydrogen-bond donors (Lipinski definition) is 1. The monoisotopic (exact) mass is 238 g/mol. The first-order chi connectivity index (χ1) is 7.70. The predicted octanol–water partition coefficient (Wildman–Crippen LogP) is 0.336. The molecule has 1 aliphatic rings. The molecule has 1 atom stereocenters. The molecule has 1 saturated heterocycles. The van der Waals surface area contributed by atoms with Crippen LogP contribution in [0, 0.1) is 0 Å². The van der Waals surface area contributed by atoms with Crippen LogP contribution in [0.2, 0.25) is 0 Å². The van der Waals surface area contributed by atoms with Crippen molar-refractivity contribution < 1.29 is 4.74 Å². The van der Waals surface area contributed by atoms with Crippen molar-refractivity contribution in [3.63, 3.8) is 0 Å². The van der Waals surface area contributed by atoms with Gasteiger partial charge in [0.15, 0.2) is 5.82 Å². The first-order valence-corrected chi connectivity index (χ1v) is 5.53. The highest BCUT2D eigenvalue weighted by Gasteiger charge is 2.23. The van der Waals surface area contributed by atoms with Gasteiger partial charge in [-0.25, -0.2) is 0 Å². The SMILES string of the molecule is CN(c1nnccc1C(N)=S)C1CCOC1. The summed E-state index contributed by atoms with van der Waals surface area (Å²) in [7, 11) is 1.96. The Morgan fingerprint density at radius 3 is 3.12 bits per heavy atom. The van der Waals surface area contributed by atoms with Crippen molar-refractivity contribution in [2.45, 2.75) is 12.5 Å². The summed E-state index contributed by atoms with van der Waals surface area (Å²) in [5.41, 5.74) is 6.42. The van der Waals surface area contributed by atoms with E-state index in [2.05, 4.69) is 10.2 Å². The molecule has 1 aromatic rings. The molecule has 0 aliphatic carbocycles. The van der Waals surface area contributed by atoms with Crippen LogP contribution in [-0.2, 0) is 4.74 Å². The van der Waals surface area contributed by atoms with E-state index in [-0.39, 0.29) is 0 Å². The Morgan fingerprint density at radius 1 is 1.69 bits per heavy atom. The molecule has 1 aromatic heterocycles. The summed E-state index contributed by atoms with van der Waals surface area (Å²) in [6, 6.07) is 2.11. The minimum atomic E-state index is 0.324. The molecule has 0 aromatic carbocycles. The minimum absolute atomic E-state index is 0.324. The summed E-state index contributed by atoms with van der Waals surface area (Å²) in [6.07, 6.45) is 2.58. The second-order valence-corrected chi connectivity index (χ2v) is 4.20. The van der Waals surface area contributed by atoms with Crippen LogP contribution < -0.4 is 10.6 Å². The van der Waals surface area contributed by atoms with Crippen LogP contribution in [0.1, 0.15) is 12.0 Å². The van der Waals surface area contributed by atoms with Gasteiger partial charge in [-0.05, 0) is 12.5 Å². The average molecular weight is 238 g/mol. The second kappa shape index (κ2) is 4.71. The highest BCUT2D eigenvalue weighted by molar-refractivity contribution is 7.80. The van der Waals surface area contributed by atoms with Crippen molar-refractivity contribution in [3.8, 4) is 0 Å². The van der Waals surface area contributed by atoms with Crippen LogP contribution in [0.25, 0.3) is 0 Å². The molecule has 1 aliphatic heterocycles. The topological polar surface area (TPSA) is 64.3 Å². The molecule has 0 radical (unpaired) electrons. The van der Waals surface area contributed by atoms with E-state index in [1.807, 2.05) is 11.9 Å². The van der Waals surface area contributed by atoms with Crippen molar-refractivity contribution in [1.82, 2.24) is 10.2 Å². The third kappa shape index (κ3) is 2.12. The molecular weight excluding hydrogens is 224 g/mol. The summed E-state index contributed by atoms with van der Waals surface area (Å²) in [6.45, 7) is 1.50. The second-order valence-electron chi connectivity index (χ2n) is 3.76. The fraction of sp³-hybridized carbons (Fsp3) is 0.500. The Labute approximate surface area is 99.6 Å². The number of ether oxygens (including phenoxy) is 1. The van der Waals surface area contributed by atoms with Crippen molar-refractivity contribution in [1.29, 1.82) is 0 Å². The number of thiocarbonyl (C=S) groups is 1. The Bertz CT molecular complexity index is 392. The van der Waals surface area contributed by atoms with Crippen LogP contribution in [-0.4, -0.2) is 41.5 Å². The molecular formula is C10H14N4OS. The van der Waals surface area contributed by atoms with E-state index in [9.17, 15) is 0 Å². The Kier molecular flexibility index (Phi) is 3.31. The van der Waals surface area contributed by atoms with Gasteiger partial charge in [0, 0.05) is 13.7 Å². The van der Waals surface area contributed by atoms with Crippen molar-refractivity contribution in [2.24, 2.45) is 5.73 Å². The lowest BCUT2D eigenvalue weighted by atomic mass is 10.2. The molecule has 0 bridgehead atoms. The molecule has 0 spiro atoms. The van der Waals surface area contributed by atoms with Gasteiger partial charge < -0.3 is 15.4 Å². The molecule has 0 amide bonds. The van der Waals surface area contributed by atoms with Crippen LogP contribution in [0.5, 0.6) is 0 Å². The van der Waals surface area contributed by atoms with Gasteiger partial charge in [-0.1, -0.05) is 12.2 Å². The predicted molar refractivity (Wildman–Crippen MR) is 65.5 cm³/mol. The summed E-state index contributed by atoms with van der Waals surface area (Å²) >= 11 is 5.00. The van der Waals surface area contributed by atoms with Gasteiger partial charge in [0.1, 0.15) is 4.99 Å². The standard InChI is InChI=1S/C10H14N4OS/c1-14(7-3-5-15-6-7)10-8(9(11)16)2-4-12-13-10/h2,4,7H,3,5-6H2,1H3,(H2,11,16). The molecule has 1 fully saturated rings. The third-order valence-electron chi connectivity index (χ3n) is 2.75. The van der Waals surface area contributed by atoms with E-state index in [1.54, 1.807) is 12.3 Å². The fourth-order valence-corrected chi connectivity index (χ4v) is 1.94. The maximum Gasteiger partial charge on any atom is 0.161 e. The lowest BCUT2D eigenvalue weighted by molar-refractivity contribution is 0.193. The van der Waals surface area contributed by atoms with Gasteiger partial charge in [0.2, 0.25) is 0 Å². The highest BCUT2D eigenvalue weighted by Crippen LogP contribution is 2.20. The number of rotatable bonds is 3. The van der Waals surface area contributed by atoms with Gasteiger partial charge in [-0.15, -0.1) is 5.10 Å². The highest BCUT2D eigenvalue weighted by atomic mass is 32.1. The molecule has 86 valence electrons. The summed E-state index contributed by atoms with van der Waals surface area (Å²) < 4.78 is 5.35. The maximum atomic E-state index is 5.66. The van der Waals surface area contributed by atoms with Crippen LogP contribution in [0.3, 0.4) is 0 Å². The van der Waals surface area contributed by atoms with E-state index in [4.69, 9.17) is 22.7 Å².